The van der Waals surface area contributed by atoms with Crippen LogP contribution in [0.1, 0.15) is 12.0 Å². The van der Waals surface area contributed by atoms with Gasteiger partial charge in [0.2, 0.25) is 0 Å². The lowest BCUT2D eigenvalue weighted by Crippen LogP contribution is -2.32. The first-order chi connectivity index (χ1) is 8.99. The molecule has 1 aromatic rings. The maximum absolute atomic E-state index is 12.2. The van der Waals surface area contributed by atoms with Gasteiger partial charge in [0.15, 0.2) is 0 Å². The van der Waals surface area contributed by atoms with Crippen molar-refractivity contribution in [2.24, 2.45) is 0 Å². The van der Waals surface area contributed by atoms with E-state index in [0.29, 0.717) is 6.61 Å². The first-order valence-corrected chi connectivity index (χ1v) is 6.12. The number of hydrogen-bond acceptors (Lipinski definition) is 3. The van der Waals surface area contributed by atoms with Gasteiger partial charge >= 0.3 is 6.36 Å². The van der Waals surface area contributed by atoms with Crippen LogP contribution in [0.15, 0.2) is 18.2 Å². The molecule has 1 heterocycles. The van der Waals surface area contributed by atoms with Crippen LogP contribution < -0.4 is 9.64 Å². The number of methoxy groups -OCH3 is 1. The number of anilines is 1. The van der Waals surface area contributed by atoms with Gasteiger partial charge < -0.3 is 14.4 Å². The van der Waals surface area contributed by atoms with Crippen molar-refractivity contribution in [3.63, 3.8) is 0 Å². The van der Waals surface area contributed by atoms with Crippen molar-refractivity contribution in [3.05, 3.63) is 23.8 Å². The molecule has 0 saturated heterocycles. The number of nitrogens with zero attached hydrogens (tertiary/aromatic N) is 1. The zero-order valence-electron chi connectivity index (χ0n) is 10.7. The van der Waals surface area contributed by atoms with Gasteiger partial charge in [-0.15, -0.1) is 13.2 Å². The van der Waals surface area contributed by atoms with E-state index in [2.05, 4.69) is 9.64 Å². The number of alkyl halides is 3. The molecule has 0 spiro atoms. The predicted molar refractivity (Wildman–Crippen MR) is 65.5 cm³/mol. The molecule has 1 aromatic carbocycles. The Bertz CT molecular complexity index is 434. The minimum atomic E-state index is -4.64. The molecule has 1 aliphatic rings. The van der Waals surface area contributed by atoms with Crippen LogP contribution in [0.25, 0.3) is 0 Å². The van der Waals surface area contributed by atoms with Gasteiger partial charge in [0.1, 0.15) is 5.75 Å². The van der Waals surface area contributed by atoms with Crippen molar-refractivity contribution >= 4 is 5.69 Å². The molecule has 6 heteroatoms. The summed E-state index contributed by atoms with van der Waals surface area (Å²) in [7, 11) is 1.63. The molecule has 0 saturated carbocycles. The first kappa shape index (κ1) is 14.0. The highest BCUT2D eigenvalue weighted by Gasteiger charge is 2.31. The van der Waals surface area contributed by atoms with E-state index >= 15 is 0 Å². The molecular weight excluding hydrogens is 259 g/mol. The zero-order valence-corrected chi connectivity index (χ0v) is 10.7. The second-order valence-electron chi connectivity index (χ2n) is 4.42. The molecular formula is C13H16F3NO2. The molecule has 1 aliphatic heterocycles. The monoisotopic (exact) mass is 275 g/mol. The summed E-state index contributed by atoms with van der Waals surface area (Å²) in [6.07, 6.45) is -2.95. The Balaban J connectivity index is 2.16. The number of ether oxygens (including phenoxy) is 2. The SMILES string of the molecule is COCCN1CCCc2cc(OC(F)(F)F)ccc21. The quantitative estimate of drug-likeness (QED) is 0.843. The average molecular weight is 275 g/mol. The van der Waals surface area contributed by atoms with Crippen molar-refractivity contribution in [2.45, 2.75) is 19.2 Å². The smallest absolute Gasteiger partial charge is 0.406 e. The summed E-state index contributed by atoms with van der Waals surface area (Å²) in [5.74, 6) is -0.153. The largest absolute Gasteiger partial charge is 0.573 e. The molecule has 0 atom stereocenters. The Hall–Kier alpha value is -1.43. The Morgan fingerprint density at radius 3 is 2.79 bits per heavy atom. The van der Waals surface area contributed by atoms with Crippen LogP contribution >= 0.6 is 0 Å². The fourth-order valence-electron chi connectivity index (χ4n) is 2.28. The van der Waals surface area contributed by atoms with Crippen LogP contribution in [-0.4, -0.2) is 33.2 Å². The minimum absolute atomic E-state index is 0.153. The van der Waals surface area contributed by atoms with Crippen molar-refractivity contribution in [2.75, 3.05) is 31.7 Å². The molecule has 3 nitrogen and oxygen atoms in total. The van der Waals surface area contributed by atoms with Gasteiger partial charge in [-0.2, -0.15) is 0 Å². The maximum atomic E-state index is 12.2. The summed E-state index contributed by atoms with van der Waals surface area (Å²) < 4.78 is 45.5. The summed E-state index contributed by atoms with van der Waals surface area (Å²) in [5, 5.41) is 0. The van der Waals surface area contributed by atoms with Gasteiger partial charge in [-0.05, 0) is 36.6 Å². The Morgan fingerprint density at radius 2 is 2.11 bits per heavy atom. The van der Waals surface area contributed by atoms with E-state index in [1.165, 1.54) is 12.1 Å². The molecule has 2 rings (SSSR count). The zero-order chi connectivity index (χ0) is 13.9. The molecule has 0 bridgehead atoms. The number of fused-ring (bicyclic) bond motifs is 1. The second kappa shape index (κ2) is 5.69. The van der Waals surface area contributed by atoms with Gasteiger partial charge in [-0.3, -0.25) is 0 Å². The third kappa shape index (κ3) is 3.76. The van der Waals surface area contributed by atoms with E-state index in [0.717, 1.165) is 37.2 Å². The van der Waals surface area contributed by atoms with Crippen molar-refractivity contribution in [1.29, 1.82) is 0 Å². The highest BCUT2D eigenvalue weighted by Crippen LogP contribution is 2.32. The molecule has 19 heavy (non-hydrogen) atoms. The Labute approximate surface area is 109 Å². The van der Waals surface area contributed by atoms with E-state index < -0.39 is 6.36 Å². The van der Waals surface area contributed by atoms with Crippen LogP contribution in [0, 0.1) is 0 Å². The van der Waals surface area contributed by atoms with E-state index in [-0.39, 0.29) is 5.75 Å². The van der Waals surface area contributed by atoms with Crippen molar-refractivity contribution < 1.29 is 22.6 Å². The van der Waals surface area contributed by atoms with Gasteiger partial charge in [0, 0.05) is 25.9 Å². The van der Waals surface area contributed by atoms with Crippen molar-refractivity contribution in [3.8, 4) is 5.75 Å². The van der Waals surface area contributed by atoms with Crippen LogP contribution in [0.4, 0.5) is 18.9 Å². The normalized spacial score (nSPS) is 15.3. The summed E-state index contributed by atoms with van der Waals surface area (Å²) >= 11 is 0. The lowest BCUT2D eigenvalue weighted by molar-refractivity contribution is -0.274. The number of hydrogen-bond donors (Lipinski definition) is 0. The molecule has 0 fully saturated rings. The highest BCUT2D eigenvalue weighted by atomic mass is 19.4. The van der Waals surface area contributed by atoms with Gasteiger partial charge in [-0.25, -0.2) is 0 Å². The lowest BCUT2D eigenvalue weighted by Gasteiger charge is -2.31. The summed E-state index contributed by atoms with van der Waals surface area (Å²) in [6.45, 7) is 2.24. The molecule has 0 amide bonds. The van der Waals surface area contributed by atoms with Gasteiger partial charge in [-0.1, -0.05) is 0 Å². The summed E-state index contributed by atoms with van der Waals surface area (Å²) in [6, 6.07) is 4.52. The molecule has 106 valence electrons. The predicted octanol–water partition coefficient (Wildman–Crippen LogP) is 2.98. The van der Waals surface area contributed by atoms with E-state index in [1.54, 1.807) is 13.2 Å². The fraction of sp³-hybridized carbons (Fsp3) is 0.538. The molecule has 0 radical (unpaired) electrons. The highest BCUT2D eigenvalue weighted by molar-refractivity contribution is 5.58. The number of halogens is 3. The van der Waals surface area contributed by atoms with Crippen molar-refractivity contribution in [1.82, 2.24) is 0 Å². The van der Waals surface area contributed by atoms with E-state index in [1.807, 2.05) is 0 Å². The average Bonchev–Trinajstić information content (AvgIpc) is 2.34. The number of rotatable bonds is 4. The Morgan fingerprint density at radius 1 is 1.32 bits per heavy atom. The summed E-state index contributed by atoms with van der Waals surface area (Å²) in [5.41, 5.74) is 1.86. The van der Waals surface area contributed by atoms with E-state index in [9.17, 15) is 13.2 Å². The molecule has 0 unspecified atom stereocenters. The van der Waals surface area contributed by atoms with Gasteiger partial charge in [0.05, 0.1) is 6.61 Å². The van der Waals surface area contributed by atoms with Gasteiger partial charge in [0.25, 0.3) is 0 Å². The van der Waals surface area contributed by atoms with Crippen LogP contribution in [-0.2, 0) is 11.2 Å². The summed E-state index contributed by atoms with van der Waals surface area (Å²) in [4.78, 5) is 2.12. The van der Waals surface area contributed by atoms with E-state index in [4.69, 9.17) is 4.74 Å². The first-order valence-electron chi connectivity index (χ1n) is 6.12. The number of benzene rings is 1. The molecule has 0 aromatic heterocycles. The number of aryl methyl sites for hydroxylation is 1. The standard InChI is InChI=1S/C13H16F3NO2/c1-18-8-7-17-6-2-3-10-9-11(4-5-12(10)17)19-13(14,15)16/h4-5,9H,2-3,6-8H2,1H3. The lowest BCUT2D eigenvalue weighted by atomic mass is 10.0. The Kier molecular flexibility index (Phi) is 4.19. The maximum Gasteiger partial charge on any atom is 0.573 e. The fourth-order valence-corrected chi connectivity index (χ4v) is 2.28. The molecule has 0 N–H and O–H groups in total. The third-order valence-corrected chi connectivity index (χ3v) is 3.06. The van der Waals surface area contributed by atoms with Crippen LogP contribution in [0.2, 0.25) is 0 Å². The minimum Gasteiger partial charge on any atom is -0.406 e. The van der Waals surface area contributed by atoms with Crippen LogP contribution in [0.3, 0.4) is 0 Å². The topological polar surface area (TPSA) is 21.7 Å². The third-order valence-electron chi connectivity index (χ3n) is 3.06. The van der Waals surface area contributed by atoms with Crippen LogP contribution in [0.5, 0.6) is 5.75 Å². The molecule has 0 aliphatic carbocycles. The second-order valence-corrected chi connectivity index (χ2v) is 4.42.